The molecule has 1 aromatic rings. The third kappa shape index (κ3) is 1.89. The summed E-state index contributed by atoms with van der Waals surface area (Å²) in [4.78, 5) is 10.5. The van der Waals surface area contributed by atoms with Gasteiger partial charge in [-0.05, 0) is 6.07 Å². The lowest BCUT2D eigenvalue weighted by Gasteiger charge is -2.12. The number of hydrogen-bond donors (Lipinski definition) is 3. The molecule has 1 atom stereocenters. The number of carbonyl (C=O) groups is 1. The maximum absolute atomic E-state index is 13.3. The Bertz CT molecular complexity index is 436. The number of halogens is 2. The molecule has 0 aromatic heterocycles. The molecule has 1 aromatic carbocycles. The number of phenols is 1. The van der Waals surface area contributed by atoms with Crippen LogP contribution >= 0.6 is 0 Å². The number of aromatic hydroxyl groups is 1. The molecule has 0 aliphatic carbocycles. The summed E-state index contributed by atoms with van der Waals surface area (Å²) in [5.74, 6) is -6.02. The largest absolute Gasteiger partial charge is 0.503 e. The van der Waals surface area contributed by atoms with Crippen molar-refractivity contribution >= 4 is 5.97 Å². The van der Waals surface area contributed by atoms with E-state index in [9.17, 15) is 13.6 Å². The zero-order chi connectivity index (χ0) is 12.5. The van der Waals surface area contributed by atoms with Crippen LogP contribution < -0.4 is 10.5 Å². The van der Waals surface area contributed by atoms with Crippen molar-refractivity contribution in [3.8, 4) is 11.5 Å². The second-order valence-corrected chi connectivity index (χ2v) is 2.96. The summed E-state index contributed by atoms with van der Waals surface area (Å²) >= 11 is 0. The number of phenolic OH excluding ortho intramolecular Hbond substituents is 1. The van der Waals surface area contributed by atoms with Crippen molar-refractivity contribution in [1.29, 1.82) is 0 Å². The smallest absolute Gasteiger partial charge is 0.325 e. The Balaban J connectivity index is 3.41. The topological polar surface area (TPSA) is 92.8 Å². The lowest BCUT2D eigenvalue weighted by molar-refractivity contribution is -0.138. The molecule has 16 heavy (non-hydrogen) atoms. The highest BCUT2D eigenvalue weighted by Crippen LogP contribution is 2.33. The van der Waals surface area contributed by atoms with Gasteiger partial charge in [0.05, 0.1) is 7.11 Å². The Kier molecular flexibility index (Phi) is 3.28. The summed E-state index contributed by atoms with van der Waals surface area (Å²) in [6.45, 7) is 0. The van der Waals surface area contributed by atoms with Gasteiger partial charge in [-0.15, -0.1) is 0 Å². The molecular weight excluding hydrogens is 224 g/mol. The predicted molar refractivity (Wildman–Crippen MR) is 49.1 cm³/mol. The van der Waals surface area contributed by atoms with Crippen LogP contribution in [0.1, 0.15) is 11.6 Å². The lowest BCUT2D eigenvalue weighted by Crippen LogP contribution is -2.22. The highest BCUT2D eigenvalue weighted by Gasteiger charge is 2.25. The Morgan fingerprint density at radius 3 is 2.50 bits per heavy atom. The third-order valence-electron chi connectivity index (χ3n) is 1.99. The molecule has 0 amide bonds. The number of carboxylic acids is 1. The van der Waals surface area contributed by atoms with E-state index in [1.807, 2.05) is 0 Å². The van der Waals surface area contributed by atoms with Gasteiger partial charge in [0.25, 0.3) is 0 Å². The summed E-state index contributed by atoms with van der Waals surface area (Å²) in [5.41, 5.74) is 4.60. The number of rotatable bonds is 3. The van der Waals surface area contributed by atoms with Crippen LogP contribution in [0.25, 0.3) is 0 Å². The number of aliphatic carboxylic acids is 1. The molecule has 88 valence electrons. The molecule has 5 nitrogen and oxygen atoms in total. The molecule has 0 heterocycles. The van der Waals surface area contributed by atoms with Crippen molar-refractivity contribution in [2.45, 2.75) is 6.04 Å². The van der Waals surface area contributed by atoms with E-state index in [0.717, 1.165) is 13.2 Å². The van der Waals surface area contributed by atoms with Crippen LogP contribution in [0, 0.1) is 11.6 Å². The van der Waals surface area contributed by atoms with Crippen molar-refractivity contribution < 1.29 is 28.5 Å². The van der Waals surface area contributed by atoms with Gasteiger partial charge in [0.1, 0.15) is 6.04 Å². The van der Waals surface area contributed by atoms with Crippen LogP contribution in [-0.2, 0) is 4.79 Å². The van der Waals surface area contributed by atoms with E-state index in [0.29, 0.717) is 0 Å². The first-order chi connectivity index (χ1) is 7.40. The SMILES string of the molecule is COc1cc(C(N)C(=O)O)c(F)c(O)c1F. The molecule has 0 spiro atoms. The van der Waals surface area contributed by atoms with Crippen LogP contribution in [0.15, 0.2) is 6.07 Å². The first-order valence-corrected chi connectivity index (χ1v) is 4.13. The van der Waals surface area contributed by atoms with Gasteiger partial charge in [-0.1, -0.05) is 0 Å². The standard InChI is InChI=1S/C9H9F2NO4/c1-16-4-2-3(7(12)9(14)15)5(10)8(13)6(4)11/h2,7,13H,12H2,1H3,(H,14,15). The first kappa shape index (κ1) is 12.2. The minimum Gasteiger partial charge on any atom is -0.503 e. The normalized spacial score (nSPS) is 12.2. The predicted octanol–water partition coefficient (Wildman–Crippen LogP) is 0.763. The Labute approximate surface area is 89.1 Å². The zero-order valence-electron chi connectivity index (χ0n) is 8.20. The quantitative estimate of drug-likeness (QED) is 0.716. The number of ether oxygens (including phenoxy) is 1. The average molecular weight is 233 g/mol. The summed E-state index contributed by atoms with van der Waals surface area (Å²) in [7, 11) is 1.09. The van der Waals surface area contributed by atoms with Crippen LogP contribution in [0.4, 0.5) is 8.78 Å². The Hall–Kier alpha value is -1.89. The van der Waals surface area contributed by atoms with Crippen molar-refractivity contribution in [2.24, 2.45) is 5.73 Å². The summed E-state index contributed by atoms with van der Waals surface area (Å²) < 4.78 is 30.9. The highest BCUT2D eigenvalue weighted by atomic mass is 19.1. The van der Waals surface area contributed by atoms with E-state index < -0.39 is 40.7 Å². The molecule has 1 rings (SSSR count). The summed E-state index contributed by atoms with van der Waals surface area (Å²) in [5, 5.41) is 17.6. The molecule has 0 saturated heterocycles. The molecule has 0 fully saturated rings. The van der Waals surface area contributed by atoms with Crippen LogP contribution in [0.5, 0.6) is 11.5 Å². The number of nitrogens with two attached hydrogens (primary N) is 1. The minimum absolute atomic E-state index is 0.481. The van der Waals surface area contributed by atoms with Crippen molar-refractivity contribution in [3.63, 3.8) is 0 Å². The minimum atomic E-state index is -1.71. The second-order valence-electron chi connectivity index (χ2n) is 2.96. The molecular formula is C9H9F2NO4. The fourth-order valence-corrected chi connectivity index (χ4v) is 1.13. The number of benzene rings is 1. The van der Waals surface area contributed by atoms with Gasteiger partial charge in [-0.25, -0.2) is 4.39 Å². The third-order valence-corrected chi connectivity index (χ3v) is 1.99. The maximum atomic E-state index is 13.3. The molecule has 0 saturated carbocycles. The number of carboxylic acid groups (broad SMARTS) is 1. The van der Waals surface area contributed by atoms with Crippen LogP contribution in [-0.4, -0.2) is 23.3 Å². The van der Waals surface area contributed by atoms with Gasteiger partial charge in [0, 0.05) is 5.56 Å². The zero-order valence-corrected chi connectivity index (χ0v) is 8.20. The van der Waals surface area contributed by atoms with Gasteiger partial charge < -0.3 is 20.7 Å². The summed E-state index contributed by atoms with van der Waals surface area (Å²) in [6, 6.07) is -0.913. The van der Waals surface area contributed by atoms with E-state index >= 15 is 0 Å². The van der Waals surface area contributed by atoms with E-state index in [1.54, 1.807) is 0 Å². The molecule has 7 heteroatoms. The first-order valence-electron chi connectivity index (χ1n) is 4.13. The monoisotopic (exact) mass is 233 g/mol. The fraction of sp³-hybridized carbons (Fsp3) is 0.222. The molecule has 0 radical (unpaired) electrons. The number of hydrogen-bond acceptors (Lipinski definition) is 4. The van der Waals surface area contributed by atoms with Gasteiger partial charge >= 0.3 is 5.97 Å². The Morgan fingerprint density at radius 1 is 1.50 bits per heavy atom. The summed E-state index contributed by atoms with van der Waals surface area (Å²) in [6.07, 6.45) is 0. The van der Waals surface area contributed by atoms with Crippen LogP contribution in [0.3, 0.4) is 0 Å². The van der Waals surface area contributed by atoms with Gasteiger partial charge in [-0.3, -0.25) is 4.79 Å². The molecule has 1 unspecified atom stereocenters. The van der Waals surface area contributed by atoms with E-state index in [1.165, 1.54) is 0 Å². The van der Waals surface area contributed by atoms with E-state index in [4.69, 9.17) is 15.9 Å². The fourth-order valence-electron chi connectivity index (χ4n) is 1.13. The van der Waals surface area contributed by atoms with Crippen molar-refractivity contribution in [3.05, 3.63) is 23.3 Å². The van der Waals surface area contributed by atoms with Crippen LogP contribution in [0.2, 0.25) is 0 Å². The number of methoxy groups -OCH3 is 1. The van der Waals surface area contributed by atoms with Gasteiger partial charge in [0.2, 0.25) is 5.82 Å². The van der Waals surface area contributed by atoms with Crippen molar-refractivity contribution in [2.75, 3.05) is 7.11 Å². The van der Waals surface area contributed by atoms with Gasteiger partial charge in [-0.2, -0.15) is 4.39 Å². The molecule has 0 bridgehead atoms. The van der Waals surface area contributed by atoms with Crippen molar-refractivity contribution in [1.82, 2.24) is 0 Å². The van der Waals surface area contributed by atoms with Gasteiger partial charge in [0.15, 0.2) is 17.3 Å². The lowest BCUT2D eigenvalue weighted by atomic mass is 10.1. The molecule has 4 N–H and O–H groups in total. The Morgan fingerprint density at radius 2 is 2.06 bits per heavy atom. The van der Waals surface area contributed by atoms with E-state index in [-0.39, 0.29) is 0 Å². The second kappa shape index (κ2) is 4.31. The average Bonchev–Trinajstić information content (AvgIpc) is 2.25. The molecule has 0 aliphatic rings. The molecule has 0 aliphatic heterocycles. The maximum Gasteiger partial charge on any atom is 0.325 e. The highest BCUT2D eigenvalue weighted by molar-refractivity contribution is 5.75. The van der Waals surface area contributed by atoms with E-state index in [2.05, 4.69) is 4.74 Å².